The van der Waals surface area contributed by atoms with E-state index in [1.165, 1.54) is 18.1 Å². The minimum Gasteiger partial charge on any atom is -0.292 e. The van der Waals surface area contributed by atoms with Crippen molar-refractivity contribution in [3.63, 3.8) is 0 Å². The van der Waals surface area contributed by atoms with Gasteiger partial charge in [0.2, 0.25) is 0 Å². The Morgan fingerprint density at radius 1 is 1.05 bits per heavy atom. The van der Waals surface area contributed by atoms with Crippen LogP contribution >= 0.6 is 0 Å². The molecule has 0 unspecified atom stereocenters. The quantitative estimate of drug-likeness (QED) is 0.796. The highest BCUT2D eigenvalue weighted by atomic mass is 19.1. The number of hydrogen-bond acceptors (Lipinski definition) is 1. The van der Waals surface area contributed by atoms with Crippen LogP contribution in [0.2, 0.25) is 0 Å². The summed E-state index contributed by atoms with van der Waals surface area (Å²) in [5.41, 5.74) is 2.43. The first-order valence-electron chi connectivity index (χ1n) is 6.86. The summed E-state index contributed by atoms with van der Waals surface area (Å²) in [4.78, 5) is 2.45. The summed E-state index contributed by atoms with van der Waals surface area (Å²) in [7, 11) is 0. The van der Waals surface area contributed by atoms with Crippen molar-refractivity contribution >= 4 is 0 Å². The lowest BCUT2D eigenvalue weighted by atomic mass is 10.0. The van der Waals surface area contributed by atoms with Crippen molar-refractivity contribution in [3.8, 4) is 0 Å². The maximum Gasteiger partial charge on any atom is 0.123 e. The van der Waals surface area contributed by atoms with Gasteiger partial charge in [-0.1, -0.05) is 42.5 Å². The zero-order valence-electron chi connectivity index (χ0n) is 10.9. The van der Waals surface area contributed by atoms with Gasteiger partial charge in [0, 0.05) is 12.6 Å². The monoisotopic (exact) mass is 255 g/mol. The fourth-order valence-corrected chi connectivity index (χ4v) is 2.92. The van der Waals surface area contributed by atoms with Crippen molar-refractivity contribution in [1.82, 2.24) is 4.90 Å². The average Bonchev–Trinajstić information content (AvgIpc) is 2.88. The van der Waals surface area contributed by atoms with E-state index in [2.05, 4.69) is 29.2 Å². The van der Waals surface area contributed by atoms with Gasteiger partial charge in [-0.3, -0.25) is 4.90 Å². The minimum atomic E-state index is -0.135. The van der Waals surface area contributed by atoms with Gasteiger partial charge in [0.25, 0.3) is 0 Å². The van der Waals surface area contributed by atoms with Crippen LogP contribution in [0.5, 0.6) is 0 Å². The van der Waals surface area contributed by atoms with Gasteiger partial charge < -0.3 is 0 Å². The molecule has 98 valence electrons. The molecule has 2 aromatic carbocycles. The van der Waals surface area contributed by atoms with Crippen LogP contribution in [0, 0.1) is 5.82 Å². The first-order chi connectivity index (χ1) is 9.33. The van der Waals surface area contributed by atoms with E-state index in [9.17, 15) is 4.39 Å². The van der Waals surface area contributed by atoms with Crippen LogP contribution in [0.25, 0.3) is 0 Å². The van der Waals surface area contributed by atoms with Crippen LogP contribution in [-0.4, -0.2) is 11.4 Å². The molecule has 0 aliphatic carbocycles. The third-order valence-electron chi connectivity index (χ3n) is 3.83. The van der Waals surface area contributed by atoms with Crippen molar-refractivity contribution < 1.29 is 4.39 Å². The highest BCUT2D eigenvalue weighted by Gasteiger charge is 2.25. The molecule has 0 N–H and O–H groups in total. The van der Waals surface area contributed by atoms with Crippen molar-refractivity contribution in [3.05, 3.63) is 71.5 Å². The summed E-state index contributed by atoms with van der Waals surface area (Å²) in [5, 5.41) is 0. The van der Waals surface area contributed by atoms with E-state index in [1.54, 1.807) is 6.07 Å². The van der Waals surface area contributed by atoms with Crippen LogP contribution in [-0.2, 0) is 6.54 Å². The van der Waals surface area contributed by atoms with Crippen LogP contribution in [0.4, 0.5) is 4.39 Å². The molecular formula is C17H18FN. The lowest BCUT2D eigenvalue weighted by molar-refractivity contribution is 0.248. The second-order valence-corrected chi connectivity index (χ2v) is 5.17. The Morgan fingerprint density at radius 3 is 2.68 bits per heavy atom. The second-order valence-electron chi connectivity index (χ2n) is 5.17. The molecule has 0 spiro atoms. The number of rotatable bonds is 3. The lowest BCUT2D eigenvalue weighted by Crippen LogP contribution is -2.22. The topological polar surface area (TPSA) is 3.24 Å². The number of hydrogen-bond donors (Lipinski definition) is 0. The zero-order valence-corrected chi connectivity index (χ0v) is 10.9. The van der Waals surface area contributed by atoms with Crippen LogP contribution < -0.4 is 0 Å². The van der Waals surface area contributed by atoms with E-state index >= 15 is 0 Å². The third kappa shape index (κ3) is 2.85. The zero-order chi connectivity index (χ0) is 13.1. The predicted octanol–water partition coefficient (Wildman–Crippen LogP) is 4.16. The maximum absolute atomic E-state index is 13.4. The first-order valence-corrected chi connectivity index (χ1v) is 6.86. The Morgan fingerprint density at radius 2 is 1.89 bits per heavy atom. The van der Waals surface area contributed by atoms with Crippen LogP contribution in [0.15, 0.2) is 54.6 Å². The smallest absolute Gasteiger partial charge is 0.123 e. The van der Waals surface area contributed by atoms with E-state index in [0.29, 0.717) is 6.04 Å². The summed E-state index contributed by atoms with van der Waals surface area (Å²) in [6.45, 7) is 2.04. The summed E-state index contributed by atoms with van der Waals surface area (Å²) in [5.74, 6) is -0.135. The molecule has 0 radical (unpaired) electrons. The molecule has 2 heteroatoms. The Kier molecular flexibility index (Phi) is 3.60. The van der Waals surface area contributed by atoms with Gasteiger partial charge in [-0.2, -0.15) is 0 Å². The van der Waals surface area contributed by atoms with E-state index in [4.69, 9.17) is 0 Å². The largest absolute Gasteiger partial charge is 0.292 e. The van der Waals surface area contributed by atoms with Gasteiger partial charge >= 0.3 is 0 Å². The molecular weight excluding hydrogens is 237 g/mol. The summed E-state index contributed by atoms with van der Waals surface area (Å²) in [6, 6.07) is 17.9. The molecule has 0 bridgehead atoms. The Bertz CT molecular complexity index is 538. The number of benzene rings is 2. The normalized spacial score (nSPS) is 19.7. The summed E-state index contributed by atoms with van der Waals surface area (Å²) < 4.78 is 13.4. The average molecular weight is 255 g/mol. The van der Waals surface area contributed by atoms with Crippen LogP contribution in [0.3, 0.4) is 0 Å². The van der Waals surface area contributed by atoms with Crippen molar-refractivity contribution in [2.24, 2.45) is 0 Å². The molecule has 0 amide bonds. The third-order valence-corrected chi connectivity index (χ3v) is 3.83. The van der Waals surface area contributed by atoms with Crippen molar-refractivity contribution in [2.75, 3.05) is 6.54 Å². The Labute approximate surface area is 113 Å². The predicted molar refractivity (Wildman–Crippen MR) is 75.2 cm³/mol. The van der Waals surface area contributed by atoms with Gasteiger partial charge in [-0.25, -0.2) is 4.39 Å². The Balaban J connectivity index is 1.78. The standard InChI is InChI=1S/C17H18FN/c18-16-9-4-8-15(12-16)17-10-5-11-19(17)13-14-6-2-1-3-7-14/h1-4,6-9,12,17H,5,10-11,13H2/t17-/m0/s1. The maximum atomic E-state index is 13.4. The molecule has 1 fully saturated rings. The summed E-state index contributed by atoms with van der Waals surface area (Å²) >= 11 is 0. The SMILES string of the molecule is Fc1cccc([C@@H]2CCCN2Cc2ccccc2)c1. The summed E-state index contributed by atoms with van der Waals surface area (Å²) in [6.07, 6.45) is 2.31. The van der Waals surface area contributed by atoms with E-state index in [1.807, 2.05) is 18.2 Å². The molecule has 0 aromatic heterocycles. The molecule has 1 aliphatic heterocycles. The fourth-order valence-electron chi connectivity index (χ4n) is 2.92. The molecule has 3 rings (SSSR count). The first kappa shape index (κ1) is 12.4. The van der Waals surface area contributed by atoms with Gasteiger partial charge in [0.1, 0.15) is 5.82 Å². The molecule has 1 aliphatic rings. The molecule has 1 saturated heterocycles. The molecule has 0 saturated carbocycles. The number of halogens is 1. The van der Waals surface area contributed by atoms with Gasteiger partial charge in [0.15, 0.2) is 0 Å². The van der Waals surface area contributed by atoms with E-state index < -0.39 is 0 Å². The van der Waals surface area contributed by atoms with Gasteiger partial charge in [-0.15, -0.1) is 0 Å². The number of nitrogens with zero attached hydrogens (tertiary/aromatic N) is 1. The second kappa shape index (κ2) is 5.54. The van der Waals surface area contributed by atoms with Crippen molar-refractivity contribution in [1.29, 1.82) is 0 Å². The molecule has 2 aromatic rings. The van der Waals surface area contributed by atoms with Gasteiger partial charge in [0.05, 0.1) is 0 Å². The highest BCUT2D eigenvalue weighted by Crippen LogP contribution is 2.33. The lowest BCUT2D eigenvalue weighted by Gasteiger charge is -2.25. The fraction of sp³-hybridized carbons (Fsp3) is 0.294. The van der Waals surface area contributed by atoms with E-state index in [0.717, 1.165) is 25.1 Å². The molecule has 1 nitrogen and oxygen atoms in total. The molecule has 1 heterocycles. The molecule has 19 heavy (non-hydrogen) atoms. The van der Waals surface area contributed by atoms with Crippen LogP contribution in [0.1, 0.15) is 30.0 Å². The minimum absolute atomic E-state index is 0.135. The van der Waals surface area contributed by atoms with E-state index in [-0.39, 0.29) is 5.82 Å². The Hall–Kier alpha value is -1.67. The molecule has 1 atom stereocenters. The number of likely N-dealkylation sites (tertiary alicyclic amines) is 1. The van der Waals surface area contributed by atoms with Crippen molar-refractivity contribution in [2.45, 2.75) is 25.4 Å². The highest BCUT2D eigenvalue weighted by molar-refractivity contribution is 5.22. The van der Waals surface area contributed by atoms with Gasteiger partial charge in [-0.05, 0) is 42.6 Å².